The molecule has 0 saturated heterocycles. The number of allylic oxidation sites excluding steroid dienone is 2. The van der Waals surface area contributed by atoms with Gasteiger partial charge in [-0.1, -0.05) is 66.3 Å². The third-order valence-electron chi connectivity index (χ3n) is 0.167. The summed E-state index contributed by atoms with van der Waals surface area (Å²) in [5.41, 5.74) is 0. The first kappa shape index (κ1) is 16.8. The molecule has 11 heavy (non-hydrogen) atoms. The van der Waals surface area contributed by atoms with Gasteiger partial charge in [-0.25, -0.2) is 0 Å². The van der Waals surface area contributed by atoms with E-state index in [0.29, 0.717) is 0 Å². The van der Waals surface area contributed by atoms with Crippen LogP contribution in [0.4, 0.5) is 0 Å². The maximum atomic E-state index is 3.36. The summed E-state index contributed by atoms with van der Waals surface area (Å²) in [5, 5.41) is 0. The van der Waals surface area contributed by atoms with Crippen LogP contribution in [0.2, 0.25) is 0 Å². The first-order valence-electron chi connectivity index (χ1n) is 4.30. The molecule has 0 fully saturated rings. The molecule has 0 aliphatic carbocycles. The smallest absolute Gasteiger partial charge is 0.0500 e. The van der Waals surface area contributed by atoms with Crippen LogP contribution in [0.3, 0.4) is 0 Å². The second-order valence-electron chi connectivity index (χ2n) is 2.91. The fraction of sp³-hybridized carbons (Fsp3) is 0.636. The Morgan fingerprint density at radius 1 is 1.00 bits per heavy atom. The molecule has 0 atom stereocenters. The lowest BCUT2D eigenvalue weighted by Gasteiger charge is -1.79. The Morgan fingerprint density at radius 3 is 1.09 bits per heavy atom. The van der Waals surface area contributed by atoms with Gasteiger partial charge in [-0.15, -0.1) is 0 Å². The Labute approximate surface area is 73.0 Å². The van der Waals surface area contributed by atoms with Crippen molar-refractivity contribution in [3.63, 3.8) is 0 Å². The van der Waals surface area contributed by atoms with Crippen LogP contribution in [0, 0.1) is 5.92 Å². The maximum Gasteiger partial charge on any atom is -0.0500 e. The summed E-state index contributed by atoms with van der Waals surface area (Å²) in [4.78, 5) is 0. The third kappa shape index (κ3) is 2300. The normalized spacial score (nSPS) is 6.73. The Bertz CT molecular complexity index is 51.7. The van der Waals surface area contributed by atoms with Crippen molar-refractivity contribution in [1.29, 1.82) is 0 Å². The molecule has 0 rings (SSSR count). The van der Waals surface area contributed by atoms with Gasteiger partial charge in [0.25, 0.3) is 0 Å². The van der Waals surface area contributed by atoms with Crippen LogP contribution < -0.4 is 0 Å². The summed E-state index contributed by atoms with van der Waals surface area (Å²) in [5.74, 6) is 0.833. The van der Waals surface area contributed by atoms with E-state index in [4.69, 9.17) is 0 Å². The SMILES string of the molecule is C=CC=C.CC(C)C.CCC. The molecule has 0 nitrogen and oxygen atoms in total. The van der Waals surface area contributed by atoms with Crippen molar-refractivity contribution < 1.29 is 0 Å². The van der Waals surface area contributed by atoms with E-state index < -0.39 is 0 Å². The molecule has 0 saturated carbocycles. The minimum Gasteiger partial charge on any atom is -0.0991 e. The molecule has 0 bridgehead atoms. The summed E-state index contributed by atoms with van der Waals surface area (Å²) in [6.45, 7) is 17.5. The Kier molecular flexibility index (Phi) is 34.7. The molecule has 0 aromatic heterocycles. The van der Waals surface area contributed by atoms with Gasteiger partial charge >= 0.3 is 0 Å². The summed E-state index contributed by atoms with van der Waals surface area (Å²) in [6.07, 6.45) is 4.53. The monoisotopic (exact) mass is 156 g/mol. The van der Waals surface area contributed by atoms with Crippen molar-refractivity contribution in [2.75, 3.05) is 0 Å². The highest BCUT2D eigenvalue weighted by molar-refractivity contribution is 4.88. The topological polar surface area (TPSA) is 0 Å². The van der Waals surface area contributed by atoms with Crippen LogP contribution in [0.25, 0.3) is 0 Å². The number of hydrogen-bond acceptors (Lipinski definition) is 0. The molecule has 0 spiro atoms. The van der Waals surface area contributed by atoms with Crippen LogP contribution in [0.1, 0.15) is 41.0 Å². The van der Waals surface area contributed by atoms with Crippen molar-refractivity contribution in [2.24, 2.45) is 5.92 Å². The lowest BCUT2D eigenvalue weighted by atomic mass is 10.3. The molecule has 0 aliphatic heterocycles. The molecule has 0 heterocycles. The highest BCUT2D eigenvalue weighted by Crippen LogP contribution is 1.81. The molecule has 0 heteroatoms. The van der Waals surface area contributed by atoms with E-state index in [9.17, 15) is 0 Å². The largest absolute Gasteiger partial charge is 0.0991 e. The Morgan fingerprint density at radius 2 is 1.09 bits per heavy atom. The van der Waals surface area contributed by atoms with Gasteiger partial charge in [0.2, 0.25) is 0 Å². The van der Waals surface area contributed by atoms with E-state index in [1.54, 1.807) is 12.2 Å². The molecule has 0 radical (unpaired) electrons. The predicted octanol–water partition coefficient (Wildman–Crippen LogP) is 4.44. The quantitative estimate of drug-likeness (QED) is 0.492. The fourth-order valence-electron chi connectivity index (χ4n) is 0. The lowest BCUT2D eigenvalue weighted by Crippen LogP contribution is -1.66. The van der Waals surface area contributed by atoms with Gasteiger partial charge in [-0.05, 0) is 5.92 Å². The van der Waals surface area contributed by atoms with Crippen molar-refractivity contribution in [1.82, 2.24) is 0 Å². The van der Waals surface area contributed by atoms with Gasteiger partial charge in [-0.3, -0.25) is 0 Å². The maximum absolute atomic E-state index is 3.36. The highest BCUT2D eigenvalue weighted by Gasteiger charge is 1.68. The molecule has 0 unspecified atom stereocenters. The van der Waals surface area contributed by atoms with Crippen molar-refractivity contribution in [3.8, 4) is 0 Å². The molecule has 68 valence electrons. The van der Waals surface area contributed by atoms with Crippen LogP contribution in [0.5, 0.6) is 0 Å². The summed E-state index contributed by atoms with van der Waals surface area (Å²) >= 11 is 0. The van der Waals surface area contributed by atoms with Crippen molar-refractivity contribution >= 4 is 0 Å². The van der Waals surface area contributed by atoms with E-state index >= 15 is 0 Å². The molecule has 0 aliphatic rings. The molecule has 0 N–H and O–H groups in total. The first-order valence-corrected chi connectivity index (χ1v) is 4.30. The van der Waals surface area contributed by atoms with Crippen molar-refractivity contribution in [2.45, 2.75) is 41.0 Å². The molecule has 0 amide bonds. The second kappa shape index (κ2) is 22.7. The predicted molar refractivity (Wildman–Crippen MR) is 56.9 cm³/mol. The van der Waals surface area contributed by atoms with Gasteiger partial charge in [-0.2, -0.15) is 0 Å². The van der Waals surface area contributed by atoms with E-state index in [-0.39, 0.29) is 0 Å². The zero-order valence-electron chi connectivity index (χ0n) is 8.85. The molecular weight excluding hydrogens is 132 g/mol. The minimum atomic E-state index is 0.833. The van der Waals surface area contributed by atoms with Crippen molar-refractivity contribution in [3.05, 3.63) is 25.3 Å². The van der Waals surface area contributed by atoms with Crippen LogP contribution >= 0.6 is 0 Å². The van der Waals surface area contributed by atoms with Gasteiger partial charge in [0.05, 0.1) is 0 Å². The zero-order chi connectivity index (χ0) is 9.70. The molecule has 0 aromatic carbocycles. The van der Waals surface area contributed by atoms with Gasteiger partial charge in [0.1, 0.15) is 0 Å². The van der Waals surface area contributed by atoms with Crippen LogP contribution in [-0.2, 0) is 0 Å². The minimum absolute atomic E-state index is 0.833. The Balaban J connectivity index is -0.0000000886. The van der Waals surface area contributed by atoms with Crippen LogP contribution in [-0.4, -0.2) is 0 Å². The highest BCUT2D eigenvalue weighted by atomic mass is 13.7. The van der Waals surface area contributed by atoms with Gasteiger partial charge in [0.15, 0.2) is 0 Å². The zero-order valence-corrected chi connectivity index (χ0v) is 8.85. The standard InChI is InChI=1S/C4H10.C4H6.C3H8/c1-4(2)3;1-3-4-2;1-3-2/h4H,1-3H3;3-4H,1-2H2;3H2,1-2H3. The Hall–Kier alpha value is -0.520. The third-order valence-corrected chi connectivity index (χ3v) is 0.167. The van der Waals surface area contributed by atoms with E-state index in [1.165, 1.54) is 6.42 Å². The van der Waals surface area contributed by atoms with Gasteiger partial charge in [0, 0.05) is 0 Å². The average Bonchev–Trinajstić information content (AvgIpc) is 1.88. The summed E-state index contributed by atoms with van der Waals surface area (Å²) in [6, 6.07) is 0. The second-order valence-corrected chi connectivity index (χ2v) is 2.91. The first-order chi connectivity index (χ1) is 5.06. The molecule has 0 aromatic rings. The van der Waals surface area contributed by atoms with E-state index in [2.05, 4.69) is 47.8 Å². The number of rotatable bonds is 1. The lowest BCUT2D eigenvalue weighted by molar-refractivity contribution is 0.737. The van der Waals surface area contributed by atoms with Gasteiger partial charge < -0.3 is 0 Å². The van der Waals surface area contributed by atoms with Crippen LogP contribution in [0.15, 0.2) is 25.3 Å². The molecular formula is C11H24. The summed E-state index contributed by atoms with van der Waals surface area (Å²) < 4.78 is 0. The summed E-state index contributed by atoms with van der Waals surface area (Å²) in [7, 11) is 0. The fourth-order valence-corrected chi connectivity index (χ4v) is 0. The number of hydrogen-bond donors (Lipinski definition) is 0. The van der Waals surface area contributed by atoms with E-state index in [1.807, 2.05) is 0 Å². The van der Waals surface area contributed by atoms with E-state index in [0.717, 1.165) is 5.92 Å². The average molecular weight is 156 g/mol.